The van der Waals surface area contributed by atoms with E-state index < -0.39 is 24.4 Å². The number of carbonyl (C=O) groups is 4. The van der Waals surface area contributed by atoms with Crippen molar-refractivity contribution < 1.29 is 28.7 Å². The van der Waals surface area contributed by atoms with Crippen molar-refractivity contribution in [2.75, 3.05) is 20.6 Å². The van der Waals surface area contributed by atoms with Gasteiger partial charge in [0.2, 0.25) is 12.7 Å². The Morgan fingerprint density at radius 2 is 2.00 bits per heavy atom. The zero-order chi connectivity index (χ0) is 16.7. The van der Waals surface area contributed by atoms with E-state index in [1.807, 2.05) is 0 Å². The molecule has 0 aliphatic heterocycles. The van der Waals surface area contributed by atoms with Gasteiger partial charge in [0.05, 0.1) is 6.04 Å². The van der Waals surface area contributed by atoms with Crippen LogP contribution < -0.4 is 0 Å². The Labute approximate surface area is 129 Å². The summed E-state index contributed by atoms with van der Waals surface area (Å²) in [6.07, 6.45) is 1.48. The number of esters is 1. The number of Topliss-reactive ketones (excluding diaryl/α,β-unsaturated/α-hetero) is 1. The zero-order valence-electron chi connectivity index (χ0n) is 13.1. The van der Waals surface area contributed by atoms with Gasteiger partial charge in [0.1, 0.15) is 6.54 Å². The molecule has 8 nitrogen and oxygen atoms in total. The fourth-order valence-corrected chi connectivity index (χ4v) is 2.21. The van der Waals surface area contributed by atoms with Gasteiger partial charge >= 0.3 is 12.1 Å². The molecule has 0 aromatic rings. The first-order chi connectivity index (χ1) is 10.3. The van der Waals surface area contributed by atoms with E-state index in [9.17, 15) is 19.2 Å². The Hall–Kier alpha value is -2.12. The van der Waals surface area contributed by atoms with E-state index in [2.05, 4.69) is 0 Å². The quantitative estimate of drug-likeness (QED) is 0.404. The van der Waals surface area contributed by atoms with Gasteiger partial charge in [-0.15, -0.1) is 0 Å². The normalized spacial score (nSPS) is 19.0. The summed E-state index contributed by atoms with van der Waals surface area (Å²) in [5, 5.41) is 0. The second-order valence-corrected chi connectivity index (χ2v) is 5.30. The van der Waals surface area contributed by atoms with Gasteiger partial charge in [0.15, 0.2) is 5.78 Å². The average Bonchev–Trinajstić information content (AvgIpc) is 2.46. The Bertz CT molecular complexity index is 439. The fraction of sp³-hybridized carbons (Fsp3) is 0.714. The highest BCUT2D eigenvalue weighted by Crippen LogP contribution is 2.19. The topological polar surface area (TPSA) is 93.2 Å². The molecule has 0 heterocycles. The van der Waals surface area contributed by atoms with Crippen molar-refractivity contribution in [3.8, 4) is 0 Å². The van der Waals surface area contributed by atoms with E-state index in [1.165, 1.54) is 25.9 Å². The molecule has 1 aliphatic carbocycles. The van der Waals surface area contributed by atoms with Crippen LogP contribution in [0.3, 0.4) is 0 Å². The second-order valence-electron chi connectivity index (χ2n) is 5.30. The molecule has 2 amide bonds. The highest BCUT2D eigenvalue weighted by molar-refractivity contribution is 5.87. The molecule has 0 aromatic carbocycles. The van der Waals surface area contributed by atoms with E-state index in [1.54, 1.807) is 0 Å². The van der Waals surface area contributed by atoms with E-state index >= 15 is 0 Å². The molecule has 0 bridgehead atoms. The van der Waals surface area contributed by atoms with Crippen molar-refractivity contribution in [1.82, 2.24) is 9.80 Å². The molecule has 0 radical (unpaired) electrons. The lowest BCUT2D eigenvalue weighted by molar-refractivity contribution is -0.168. The van der Waals surface area contributed by atoms with Crippen LogP contribution in [0.15, 0.2) is 0 Å². The predicted molar refractivity (Wildman–Crippen MR) is 75.8 cm³/mol. The van der Waals surface area contributed by atoms with Crippen molar-refractivity contribution in [1.29, 1.82) is 0 Å². The predicted octanol–water partition coefficient (Wildman–Crippen LogP) is 0.544. The Morgan fingerprint density at radius 3 is 2.59 bits per heavy atom. The maximum atomic E-state index is 12.0. The summed E-state index contributed by atoms with van der Waals surface area (Å²) in [5.74, 6) is -0.672. The van der Waals surface area contributed by atoms with Gasteiger partial charge in [0, 0.05) is 27.4 Å². The molecule has 1 rings (SSSR count). The first kappa shape index (κ1) is 17.9. The molecular formula is C14H22N2O6. The van der Waals surface area contributed by atoms with Crippen molar-refractivity contribution in [2.24, 2.45) is 0 Å². The maximum absolute atomic E-state index is 12.0. The lowest BCUT2D eigenvalue weighted by atomic mass is 9.93. The highest BCUT2D eigenvalue weighted by atomic mass is 16.7. The van der Waals surface area contributed by atoms with Crippen molar-refractivity contribution in [3.63, 3.8) is 0 Å². The molecule has 0 spiro atoms. The lowest BCUT2D eigenvalue weighted by Crippen LogP contribution is -2.45. The molecule has 1 saturated carbocycles. The van der Waals surface area contributed by atoms with Crippen LogP contribution in [0.4, 0.5) is 4.79 Å². The number of nitrogens with zero attached hydrogens (tertiary/aromatic N) is 2. The Balaban J connectivity index is 2.44. The monoisotopic (exact) mass is 314 g/mol. The largest absolute Gasteiger partial charge is 0.424 e. The summed E-state index contributed by atoms with van der Waals surface area (Å²) in [7, 11) is 2.92. The molecule has 22 heavy (non-hydrogen) atoms. The third-order valence-electron chi connectivity index (χ3n) is 3.40. The number of ether oxygens (including phenoxy) is 2. The SMILES string of the molecule is CC(OC(=O)CN(C)C=O)OC(=O)N(C)C1CCCCC1=O. The van der Waals surface area contributed by atoms with Crippen LogP contribution in [-0.4, -0.2) is 67.0 Å². The summed E-state index contributed by atoms with van der Waals surface area (Å²) in [6.45, 7) is 1.16. The highest BCUT2D eigenvalue weighted by Gasteiger charge is 2.30. The third-order valence-corrected chi connectivity index (χ3v) is 3.40. The average molecular weight is 314 g/mol. The standard InChI is InChI=1S/C14H22N2O6/c1-10(21-13(19)8-15(2)9-17)22-14(20)16(3)11-6-4-5-7-12(11)18/h9-11H,4-8H2,1-3H3. The summed E-state index contributed by atoms with van der Waals surface area (Å²) < 4.78 is 9.85. The number of hydrogen-bond acceptors (Lipinski definition) is 6. The summed E-state index contributed by atoms with van der Waals surface area (Å²) in [5.41, 5.74) is 0. The van der Waals surface area contributed by atoms with Gasteiger partial charge in [-0.3, -0.25) is 14.4 Å². The van der Waals surface area contributed by atoms with Crippen molar-refractivity contribution >= 4 is 24.3 Å². The molecule has 124 valence electrons. The number of ketones is 1. The third kappa shape index (κ3) is 5.34. The van der Waals surface area contributed by atoms with Crippen LogP contribution in [-0.2, 0) is 23.9 Å². The Morgan fingerprint density at radius 1 is 1.32 bits per heavy atom. The van der Waals surface area contributed by atoms with Crippen molar-refractivity contribution in [2.45, 2.75) is 44.9 Å². The smallest absolute Gasteiger partial charge is 0.413 e. The first-order valence-electron chi connectivity index (χ1n) is 7.16. The summed E-state index contributed by atoms with van der Waals surface area (Å²) in [4.78, 5) is 47.9. The van der Waals surface area contributed by atoms with Crippen LogP contribution in [0.5, 0.6) is 0 Å². The van der Waals surface area contributed by atoms with Crippen LogP contribution in [0, 0.1) is 0 Å². The molecular weight excluding hydrogens is 292 g/mol. The molecule has 0 aromatic heterocycles. The van der Waals surface area contributed by atoms with E-state index in [-0.39, 0.29) is 12.3 Å². The molecule has 0 N–H and O–H groups in total. The van der Waals surface area contributed by atoms with Crippen LogP contribution in [0.1, 0.15) is 32.6 Å². The number of hydrogen-bond donors (Lipinski definition) is 0. The Kier molecular flexibility index (Phi) is 6.81. The van der Waals surface area contributed by atoms with Gasteiger partial charge in [-0.1, -0.05) is 6.42 Å². The fourth-order valence-electron chi connectivity index (χ4n) is 2.21. The number of likely N-dealkylation sites (N-methyl/N-ethyl adjacent to an activating group) is 2. The molecule has 0 saturated heterocycles. The van der Waals surface area contributed by atoms with Crippen LogP contribution in [0.25, 0.3) is 0 Å². The minimum atomic E-state index is -1.10. The van der Waals surface area contributed by atoms with Gasteiger partial charge in [-0.05, 0) is 12.8 Å². The van der Waals surface area contributed by atoms with Gasteiger partial charge < -0.3 is 19.3 Å². The van der Waals surface area contributed by atoms with Gasteiger partial charge in [-0.25, -0.2) is 4.79 Å². The zero-order valence-corrected chi connectivity index (χ0v) is 13.1. The first-order valence-corrected chi connectivity index (χ1v) is 7.16. The van der Waals surface area contributed by atoms with E-state index in [4.69, 9.17) is 9.47 Å². The number of amides is 2. The molecule has 2 unspecified atom stereocenters. The van der Waals surface area contributed by atoms with Crippen LogP contribution in [0.2, 0.25) is 0 Å². The summed E-state index contributed by atoms with van der Waals surface area (Å²) in [6, 6.07) is -0.481. The molecule has 1 fully saturated rings. The molecule has 2 atom stereocenters. The van der Waals surface area contributed by atoms with Crippen molar-refractivity contribution in [3.05, 3.63) is 0 Å². The minimum absolute atomic E-state index is 0.0166. The second kappa shape index (κ2) is 8.35. The minimum Gasteiger partial charge on any atom is -0.424 e. The number of rotatable bonds is 6. The summed E-state index contributed by atoms with van der Waals surface area (Å²) >= 11 is 0. The van der Waals surface area contributed by atoms with E-state index in [0.717, 1.165) is 17.7 Å². The molecule has 8 heteroatoms. The maximum Gasteiger partial charge on any atom is 0.413 e. The lowest BCUT2D eigenvalue weighted by Gasteiger charge is -2.30. The molecule has 1 aliphatic rings. The number of carbonyl (C=O) groups excluding carboxylic acids is 4. The van der Waals surface area contributed by atoms with Gasteiger partial charge in [0.25, 0.3) is 0 Å². The van der Waals surface area contributed by atoms with Gasteiger partial charge in [-0.2, -0.15) is 0 Å². The van der Waals surface area contributed by atoms with E-state index in [0.29, 0.717) is 19.3 Å². The van der Waals surface area contributed by atoms with Crippen LogP contribution >= 0.6 is 0 Å².